The number of carbonyl (C=O) groups excluding carboxylic acids is 2. The number of nitrogens with zero attached hydrogens (tertiary/aromatic N) is 3. The van der Waals surface area contributed by atoms with Crippen LogP contribution in [0.4, 0.5) is 5.69 Å². The van der Waals surface area contributed by atoms with Gasteiger partial charge in [-0.1, -0.05) is 12.1 Å². The Bertz CT molecular complexity index is 686. The number of amides is 2. The number of nitrogens with one attached hydrogen (secondary N) is 1. The Morgan fingerprint density at radius 3 is 2.68 bits per heavy atom. The van der Waals surface area contributed by atoms with Crippen molar-refractivity contribution in [2.45, 2.75) is 13.8 Å². The minimum atomic E-state index is -0.343. The third-order valence-electron chi connectivity index (χ3n) is 3.18. The molecule has 0 atom stereocenters. The molecule has 6 nitrogen and oxygen atoms in total. The first kappa shape index (κ1) is 15.6. The minimum absolute atomic E-state index is 0.0528. The van der Waals surface area contributed by atoms with Crippen LogP contribution in [0.5, 0.6) is 0 Å². The van der Waals surface area contributed by atoms with Gasteiger partial charge in [-0.25, -0.2) is 4.98 Å². The molecule has 0 spiro atoms. The molecule has 0 aliphatic rings. The Labute approximate surface area is 129 Å². The van der Waals surface area contributed by atoms with Crippen LogP contribution in [0.15, 0.2) is 36.8 Å². The molecule has 0 aliphatic heterocycles. The highest BCUT2D eigenvalue weighted by Crippen LogP contribution is 2.16. The first-order valence-electron chi connectivity index (χ1n) is 6.86. The van der Waals surface area contributed by atoms with Crippen LogP contribution < -0.4 is 5.32 Å². The van der Waals surface area contributed by atoms with Crippen LogP contribution in [0.25, 0.3) is 0 Å². The first-order chi connectivity index (χ1) is 10.5. The monoisotopic (exact) mass is 298 g/mol. The van der Waals surface area contributed by atoms with Crippen molar-refractivity contribution in [3.8, 4) is 0 Å². The summed E-state index contributed by atoms with van der Waals surface area (Å²) in [4.78, 5) is 33.3. The highest BCUT2D eigenvalue weighted by Gasteiger charge is 2.16. The number of carbonyl (C=O) groups is 2. The summed E-state index contributed by atoms with van der Waals surface area (Å²) < 4.78 is 0. The lowest BCUT2D eigenvalue weighted by Crippen LogP contribution is -2.35. The van der Waals surface area contributed by atoms with E-state index >= 15 is 0 Å². The number of hydrogen-bond donors (Lipinski definition) is 1. The zero-order valence-corrected chi connectivity index (χ0v) is 12.8. The predicted molar refractivity (Wildman–Crippen MR) is 83.5 cm³/mol. The molecule has 6 heteroatoms. The SMILES string of the molecule is Cc1ccc(C)c(NC(=O)CN(C)C(=O)c2cnccn2)c1. The van der Waals surface area contributed by atoms with Crippen molar-refractivity contribution in [1.82, 2.24) is 14.9 Å². The maximum absolute atomic E-state index is 12.1. The van der Waals surface area contributed by atoms with Crippen LogP contribution in [0.3, 0.4) is 0 Å². The van der Waals surface area contributed by atoms with Crippen molar-refractivity contribution in [2.75, 3.05) is 18.9 Å². The van der Waals surface area contributed by atoms with Crippen LogP contribution in [0.1, 0.15) is 21.6 Å². The Morgan fingerprint density at radius 2 is 2.00 bits per heavy atom. The molecular weight excluding hydrogens is 280 g/mol. The highest BCUT2D eigenvalue weighted by atomic mass is 16.2. The van der Waals surface area contributed by atoms with Crippen LogP contribution in [0, 0.1) is 13.8 Å². The second kappa shape index (κ2) is 6.80. The molecule has 0 aliphatic carbocycles. The van der Waals surface area contributed by atoms with E-state index in [1.165, 1.54) is 23.5 Å². The summed E-state index contributed by atoms with van der Waals surface area (Å²) in [6, 6.07) is 5.83. The Hall–Kier alpha value is -2.76. The normalized spacial score (nSPS) is 10.1. The Balaban J connectivity index is 2.00. The second-order valence-corrected chi connectivity index (χ2v) is 5.12. The van der Waals surface area contributed by atoms with E-state index in [4.69, 9.17) is 0 Å². The molecule has 2 aromatic rings. The van der Waals surface area contributed by atoms with E-state index in [9.17, 15) is 9.59 Å². The Morgan fingerprint density at radius 1 is 1.23 bits per heavy atom. The molecule has 0 bridgehead atoms. The van der Waals surface area contributed by atoms with E-state index in [1.807, 2.05) is 32.0 Å². The number of hydrogen-bond acceptors (Lipinski definition) is 4. The Kier molecular flexibility index (Phi) is 4.83. The number of benzene rings is 1. The summed E-state index contributed by atoms with van der Waals surface area (Å²) >= 11 is 0. The number of aryl methyl sites for hydroxylation is 2. The van der Waals surface area contributed by atoms with E-state index in [0.29, 0.717) is 0 Å². The minimum Gasteiger partial charge on any atom is -0.331 e. The van der Waals surface area contributed by atoms with Gasteiger partial charge >= 0.3 is 0 Å². The molecule has 0 radical (unpaired) electrons. The molecule has 2 rings (SSSR count). The standard InChI is InChI=1S/C16H18N4O2/c1-11-4-5-12(2)13(8-11)19-15(21)10-20(3)16(22)14-9-17-6-7-18-14/h4-9H,10H2,1-3H3,(H,19,21). The van der Waals surface area contributed by atoms with Crippen molar-refractivity contribution in [3.05, 3.63) is 53.6 Å². The van der Waals surface area contributed by atoms with Crippen molar-refractivity contribution in [1.29, 1.82) is 0 Å². The van der Waals surface area contributed by atoms with E-state index < -0.39 is 0 Å². The fraction of sp³-hybridized carbons (Fsp3) is 0.250. The molecular formula is C16H18N4O2. The summed E-state index contributed by atoms with van der Waals surface area (Å²) in [7, 11) is 1.56. The molecule has 22 heavy (non-hydrogen) atoms. The van der Waals surface area contributed by atoms with Gasteiger partial charge in [0.15, 0.2) is 0 Å². The lowest BCUT2D eigenvalue weighted by molar-refractivity contribution is -0.116. The van der Waals surface area contributed by atoms with Gasteiger partial charge in [-0.05, 0) is 31.0 Å². The smallest absolute Gasteiger partial charge is 0.274 e. The summed E-state index contributed by atoms with van der Waals surface area (Å²) in [5.74, 6) is -0.599. The lowest BCUT2D eigenvalue weighted by Gasteiger charge is -2.17. The zero-order valence-electron chi connectivity index (χ0n) is 12.8. The predicted octanol–water partition coefficient (Wildman–Crippen LogP) is 1.80. The summed E-state index contributed by atoms with van der Waals surface area (Å²) in [5.41, 5.74) is 3.00. The van der Waals surface area contributed by atoms with Crippen molar-refractivity contribution >= 4 is 17.5 Å². The summed E-state index contributed by atoms with van der Waals surface area (Å²) in [6.45, 7) is 3.82. The van der Waals surface area contributed by atoms with E-state index in [-0.39, 0.29) is 24.1 Å². The number of aromatic nitrogens is 2. The molecule has 1 aromatic heterocycles. The van der Waals surface area contributed by atoms with Gasteiger partial charge in [0.1, 0.15) is 5.69 Å². The number of anilines is 1. The summed E-state index contributed by atoms with van der Waals surface area (Å²) in [5, 5.41) is 2.82. The third-order valence-corrected chi connectivity index (χ3v) is 3.18. The van der Waals surface area contributed by atoms with Gasteiger partial charge in [0.05, 0.1) is 12.7 Å². The average Bonchev–Trinajstić information content (AvgIpc) is 2.51. The van der Waals surface area contributed by atoms with Crippen molar-refractivity contribution in [3.63, 3.8) is 0 Å². The first-order valence-corrected chi connectivity index (χ1v) is 6.86. The van der Waals surface area contributed by atoms with Crippen LogP contribution >= 0.6 is 0 Å². The van der Waals surface area contributed by atoms with Crippen LogP contribution in [0.2, 0.25) is 0 Å². The lowest BCUT2D eigenvalue weighted by atomic mass is 10.1. The number of rotatable bonds is 4. The van der Waals surface area contributed by atoms with Gasteiger partial charge in [0.25, 0.3) is 5.91 Å². The molecule has 1 aromatic carbocycles. The molecule has 0 fully saturated rings. The van der Waals surface area contributed by atoms with Gasteiger partial charge in [0, 0.05) is 25.1 Å². The quantitative estimate of drug-likeness (QED) is 0.934. The maximum atomic E-state index is 12.1. The van der Waals surface area contributed by atoms with Gasteiger partial charge in [-0.3, -0.25) is 14.6 Å². The van der Waals surface area contributed by atoms with E-state index in [2.05, 4.69) is 15.3 Å². The average molecular weight is 298 g/mol. The third kappa shape index (κ3) is 3.88. The van der Waals surface area contributed by atoms with E-state index in [1.54, 1.807) is 7.05 Å². The molecule has 0 saturated carbocycles. The second-order valence-electron chi connectivity index (χ2n) is 5.12. The fourth-order valence-corrected chi connectivity index (χ4v) is 1.95. The largest absolute Gasteiger partial charge is 0.331 e. The van der Waals surface area contributed by atoms with Gasteiger partial charge in [-0.2, -0.15) is 0 Å². The molecule has 1 heterocycles. The molecule has 0 saturated heterocycles. The van der Waals surface area contributed by atoms with Crippen LogP contribution in [-0.4, -0.2) is 40.3 Å². The topological polar surface area (TPSA) is 75.2 Å². The van der Waals surface area contributed by atoms with Gasteiger partial charge in [0.2, 0.25) is 5.91 Å². The van der Waals surface area contributed by atoms with Crippen molar-refractivity contribution < 1.29 is 9.59 Å². The number of likely N-dealkylation sites (N-methyl/N-ethyl adjacent to an activating group) is 1. The van der Waals surface area contributed by atoms with Crippen molar-refractivity contribution in [2.24, 2.45) is 0 Å². The molecule has 2 amide bonds. The zero-order chi connectivity index (χ0) is 16.1. The molecule has 1 N–H and O–H groups in total. The van der Waals surface area contributed by atoms with Gasteiger partial charge in [-0.15, -0.1) is 0 Å². The van der Waals surface area contributed by atoms with Gasteiger partial charge < -0.3 is 10.2 Å². The van der Waals surface area contributed by atoms with E-state index in [0.717, 1.165) is 16.8 Å². The molecule has 0 unspecified atom stereocenters. The molecule has 114 valence electrons. The fourth-order valence-electron chi connectivity index (χ4n) is 1.95. The van der Waals surface area contributed by atoms with Crippen LogP contribution in [-0.2, 0) is 4.79 Å². The maximum Gasteiger partial charge on any atom is 0.274 e. The summed E-state index contributed by atoms with van der Waals surface area (Å²) in [6.07, 6.45) is 4.31. The highest BCUT2D eigenvalue weighted by molar-refractivity contribution is 5.98.